The van der Waals surface area contributed by atoms with Crippen molar-refractivity contribution < 1.29 is 35.9 Å². The molecule has 1 N–H and O–H groups in total. The topological polar surface area (TPSA) is 44.8 Å². The lowest BCUT2D eigenvalue weighted by molar-refractivity contribution is -0.143. The van der Waals surface area contributed by atoms with E-state index < -0.39 is 42.0 Å². The molecule has 4 rings (SSSR count). The molecular formula is C28H33F6N3O2. The molecule has 2 aromatic carbocycles. The number of hydrogen-bond donors (Lipinski definition) is 1. The van der Waals surface area contributed by atoms with Crippen molar-refractivity contribution in [1.82, 2.24) is 15.1 Å². The number of nitrogens with zero attached hydrogens (tertiary/aromatic N) is 2. The Morgan fingerprint density at radius 3 is 2.08 bits per heavy atom. The minimum absolute atomic E-state index is 0.0781. The van der Waals surface area contributed by atoms with Crippen LogP contribution in [-0.4, -0.2) is 55.0 Å². The summed E-state index contributed by atoms with van der Waals surface area (Å²) < 4.78 is 85.3. The highest BCUT2D eigenvalue weighted by Gasteiger charge is 2.38. The van der Waals surface area contributed by atoms with Gasteiger partial charge in [0.05, 0.1) is 18.2 Å². The van der Waals surface area contributed by atoms with Gasteiger partial charge in [0.25, 0.3) is 0 Å². The first-order valence-electron chi connectivity index (χ1n) is 13.1. The van der Waals surface area contributed by atoms with E-state index in [4.69, 9.17) is 4.74 Å². The van der Waals surface area contributed by atoms with Crippen LogP contribution in [0, 0.1) is 0 Å². The quantitative estimate of drug-likeness (QED) is 0.422. The molecule has 1 amide bonds. The molecule has 2 aromatic rings. The number of alkyl halides is 6. The van der Waals surface area contributed by atoms with Crippen molar-refractivity contribution >= 4 is 5.91 Å². The number of benzene rings is 2. The fourth-order valence-corrected chi connectivity index (χ4v) is 5.61. The standard InChI is InChI=1S/C28H33F6N3O2/c1-39-24-10-6-5-9-23(24)25(37-13-11-36(12-14-37)22-7-3-2-4-8-22)26(38)35-18-19-15-20(27(29,30)31)17-21(16-19)28(32,33)34/h5-6,9-10,15-17,22,25H,2-4,7-8,11-14,18H2,1H3,(H,35,38). The summed E-state index contributed by atoms with van der Waals surface area (Å²) in [6.45, 7) is 2.24. The molecule has 0 spiro atoms. The molecule has 214 valence electrons. The Balaban J connectivity index is 1.55. The van der Waals surface area contributed by atoms with Crippen molar-refractivity contribution in [2.45, 2.75) is 63.1 Å². The molecule has 1 saturated carbocycles. The van der Waals surface area contributed by atoms with E-state index in [1.807, 2.05) is 4.90 Å². The highest BCUT2D eigenvalue weighted by Crippen LogP contribution is 2.37. The molecule has 1 aliphatic heterocycles. The number of para-hydroxylation sites is 1. The maximum absolute atomic E-state index is 13.6. The molecule has 39 heavy (non-hydrogen) atoms. The minimum Gasteiger partial charge on any atom is -0.496 e. The van der Waals surface area contributed by atoms with Crippen LogP contribution in [-0.2, 0) is 23.7 Å². The van der Waals surface area contributed by atoms with E-state index in [2.05, 4.69) is 10.2 Å². The van der Waals surface area contributed by atoms with Gasteiger partial charge in [-0.3, -0.25) is 14.6 Å². The van der Waals surface area contributed by atoms with E-state index in [0.29, 0.717) is 42.6 Å². The van der Waals surface area contributed by atoms with Crippen LogP contribution in [0.1, 0.15) is 60.4 Å². The summed E-state index contributed by atoms with van der Waals surface area (Å²) in [4.78, 5) is 18.0. The maximum Gasteiger partial charge on any atom is 0.416 e. The van der Waals surface area contributed by atoms with Crippen LogP contribution in [0.4, 0.5) is 26.3 Å². The molecule has 0 aromatic heterocycles. The predicted molar refractivity (Wildman–Crippen MR) is 134 cm³/mol. The second kappa shape index (κ2) is 12.2. The summed E-state index contributed by atoms with van der Waals surface area (Å²) in [6.07, 6.45) is -3.93. The number of carbonyl (C=O) groups is 1. The van der Waals surface area contributed by atoms with Gasteiger partial charge in [0.1, 0.15) is 11.8 Å². The van der Waals surface area contributed by atoms with Crippen molar-refractivity contribution in [2.75, 3.05) is 33.3 Å². The van der Waals surface area contributed by atoms with Crippen molar-refractivity contribution in [3.8, 4) is 5.75 Å². The van der Waals surface area contributed by atoms with Gasteiger partial charge in [0.15, 0.2) is 0 Å². The average molecular weight is 558 g/mol. The minimum atomic E-state index is -4.96. The Morgan fingerprint density at radius 1 is 0.923 bits per heavy atom. The maximum atomic E-state index is 13.6. The van der Waals surface area contributed by atoms with Gasteiger partial charge < -0.3 is 10.1 Å². The lowest BCUT2D eigenvalue weighted by Gasteiger charge is -2.43. The van der Waals surface area contributed by atoms with Gasteiger partial charge in [-0.25, -0.2) is 0 Å². The largest absolute Gasteiger partial charge is 0.496 e. The predicted octanol–water partition coefficient (Wildman–Crippen LogP) is 6.04. The van der Waals surface area contributed by atoms with E-state index >= 15 is 0 Å². The van der Waals surface area contributed by atoms with Crippen LogP contribution >= 0.6 is 0 Å². The van der Waals surface area contributed by atoms with Gasteiger partial charge in [0, 0.05) is 44.3 Å². The molecule has 1 atom stereocenters. The number of nitrogens with one attached hydrogen (secondary N) is 1. The number of rotatable bonds is 7. The smallest absolute Gasteiger partial charge is 0.416 e. The summed E-state index contributed by atoms with van der Waals surface area (Å²) in [5.41, 5.74) is -2.53. The van der Waals surface area contributed by atoms with Crippen LogP contribution in [0.5, 0.6) is 5.75 Å². The van der Waals surface area contributed by atoms with Crippen LogP contribution < -0.4 is 10.1 Å². The Hall–Kier alpha value is -2.79. The van der Waals surface area contributed by atoms with E-state index in [-0.39, 0.29) is 11.6 Å². The normalized spacial score (nSPS) is 19.1. The van der Waals surface area contributed by atoms with Crippen LogP contribution in [0.25, 0.3) is 0 Å². The lowest BCUT2D eigenvalue weighted by atomic mass is 9.93. The van der Waals surface area contributed by atoms with Gasteiger partial charge in [-0.15, -0.1) is 0 Å². The van der Waals surface area contributed by atoms with Crippen LogP contribution in [0.15, 0.2) is 42.5 Å². The Kier molecular flexibility index (Phi) is 9.10. The van der Waals surface area contributed by atoms with Gasteiger partial charge in [-0.2, -0.15) is 26.3 Å². The fourth-order valence-electron chi connectivity index (χ4n) is 5.61. The number of carbonyl (C=O) groups excluding carboxylic acids is 1. The fraction of sp³-hybridized carbons (Fsp3) is 0.536. The molecule has 2 fully saturated rings. The molecule has 2 aliphatic rings. The first kappa shape index (κ1) is 29.2. The van der Waals surface area contributed by atoms with Crippen molar-refractivity contribution in [3.63, 3.8) is 0 Å². The number of amides is 1. The third-order valence-corrected chi connectivity index (χ3v) is 7.60. The number of hydrogen-bond acceptors (Lipinski definition) is 4. The van der Waals surface area contributed by atoms with Crippen molar-refractivity contribution in [2.24, 2.45) is 0 Å². The van der Waals surface area contributed by atoms with Crippen molar-refractivity contribution in [1.29, 1.82) is 0 Å². The van der Waals surface area contributed by atoms with E-state index in [9.17, 15) is 31.1 Å². The molecule has 0 bridgehead atoms. The highest BCUT2D eigenvalue weighted by molar-refractivity contribution is 5.84. The second-order valence-corrected chi connectivity index (χ2v) is 10.1. The monoisotopic (exact) mass is 557 g/mol. The Labute approximate surface area is 224 Å². The third kappa shape index (κ3) is 7.25. The van der Waals surface area contributed by atoms with Gasteiger partial charge >= 0.3 is 12.4 Å². The Bertz CT molecular complexity index is 1090. The number of piperazine rings is 1. The zero-order valence-corrected chi connectivity index (χ0v) is 21.7. The number of halogens is 6. The molecule has 0 radical (unpaired) electrons. The summed E-state index contributed by atoms with van der Waals surface area (Å²) in [7, 11) is 1.48. The molecule has 1 heterocycles. The number of ether oxygens (including phenoxy) is 1. The summed E-state index contributed by atoms with van der Waals surface area (Å²) in [5.74, 6) is -0.0395. The third-order valence-electron chi connectivity index (χ3n) is 7.60. The lowest BCUT2D eigenvalue weighted by Crippen LogP contribution is -2.53. The van der Waals surface area contributed by atoms with Gasteiger partial charge in [-0.1, -0.05) is 37.5 Å². The van der Waals surface area contributed by atoms with Crippen molar-refractivity contribution in [3.05, 3.63) is 64.7 Å². The summed E-state index contributed by atoms with van der Waals surface area (Å²) in [6, 6.07) is 8.06. The van der Waals surface area contributed by atoms with Gasteiger partial charge in [-0.05, 0) is 42.7 Å². The molecule has 1 saturated heterocycles. The average Bonchev–Trinajstić information content (AvgIpc) is 2.92. The molecular weight excluding hydrogens is 524 g/mol. The second-order valence-electron chi connectivity index (χ2n) is 10.1. The zero-order valence-electron chi connectivity index (χ0n) is 21.7. The number of methoxy groups -OCH3 is 1. The SMILES string of the molecule is COc1ccccc1C(C(=O)NCc1cc(C(F)(F)F)cc(C(F)(F)F)c1)N1CCN(C2CCCCC2)CC1. The van der Waals surface area contributed by atoms with E-state index in [1.165, 1.54) is 26.4 Å². The Morgan fingerprint density at radius 2 is 1.51 bits per heavy atom. The molecule has 5 nitrogen and oxygen atoms in total. The highest BCUT2D eigenvalue weighted by atomic mass is 19.4. The molecule has 1 unspecified atom stereocenters. The van der Waals surface area contributed by atoms with E-state index in [1.54, 1.807) is 24.3 Å². The summed E-state index contributed by atoms with van der Waals surface area (Å²) >= 11 is 0. The van der Waals surface area contributed by atoms with Crippen LogP contribution in [0.3, 0.4) is 0 Å². The molecule has 1 aliphatic carbocycles. The first-order valence-corrected chi connectivity index (χ1v) is 13.1. The first-order chi connectivity index (χ1) is 18.5. The van der Waals surface area contributed by atoms with E-state index in [0.717, 1.165) is 25.9 Å². The zero-order chi connectivity index (χ0) is 28.2. The molecule has 11 heteroatoms. The van der Waals surface area contributed by atoms with Gasteiger partial charge in [0.2, 0.25) is 5.91 Å². The van der Waals surface area contributed by atoms with Crippen LogP contribution in [0.2, 0.25) is 0 Å². The summed E-state index contributed by atoms with van der Waals surface area (Å²) in [5, 5.41) is 2.59.